The molecule has 114 valence electrons. The first kappa shape index (κ1) is 14.9. The Morgan fingerprint density at radius 2 is 1.95 bits per heavy atom. The Labute approximate surface area is 130 Å². The Hall–Kier alpha value is -1.00. The first-order valence-corrected chi connectivity index (χ1v) is 8.90. The van der Waals surface area contributed by atoms with Gasteiger partial charge in [-0.2, -0.15) is 0 Å². The molecule has 2 aliphatic rings. The third-order valence-electron chi connectivity index (χ3n) is 4.81. The van der Waals surface area contributed by atoms with Gasteiger partial charge in [-0.25, -0.2) is 0 Å². The number of carboxylic acids is 1. The lowest BCUT2D eigenvalue weighted by Gasteiger charge is -2.30. The fraction of sp³-hybridized carbons (Fsp3) is 0.588. The average molecular weight is 305 g/mol. The van der Waals surface area contributed by atoms with E-state index in [1.54, 1.807) is 0 Å². The number of hydrogen-bond donors (Lipinski definition) is 2. The van der Waals surface area contributed by atoms with Crippen LogP contribution in [0, 0.1) is 11.8 Å². The molecule has 3 rings (SSSR count). The van der Waals surface area contributed by atoms with Gasteiger partial charge < -0.3 is 10.4 Å². The van der Waals surface area contributed by atoms with E-state index in [0.29, 0.717) is 12.0 Å². The molecule has 0 radical (unpaired) electrons. The van der Waals surface area contributed by atoms with Crippen LogP contribution in [0.2, 0.25) is 0 Å². The van der Waals surface area contributed by atoms with Crippen LogP contribution in [0.5, 0.6) is 0 Å². The van der Waals surface area contributed by atoms with Crippen LogP contribution < -0.4 is 5.32 Å². The molecule has 3 nitrogen and oxygen atoms in total. The lowest BCUT2D eigenvalue weighted by Crippen LogP contribution is -2.32. The molecule has 2 N–H and O–H groups in total. The van der Waals surface area contributed by atoms with Crippen molar-refractivity contribution < 1.29 is 9.90 Å². The minimum atomic E-state index is -0.611. The standard InChI is InChI=1S/C17H23NO2S/c19-17(20)13-7-5-12(6-8-13)11-18-15-9-10-21-16-4-2-1-3-14(15)16/h1-4,12-13,15,18H,5-11H2,(H,19,20). The van der Waals surface area contributed by atoms with Crippen LogP contribution in [0.3, 0.4) is 0 Å². The number of nitrogens with one attached hydrogen (secondary N) is 1. The Morgan fingerprint density at radius 3 is 2.71 bits per heavy atom. The summed E-state index contributed by atoms with van der Waals surface area (Å²) >= 11 is 1.95. The number of fused-ring (bicyclic) bond motifs is 1. The summed E-state index contributed by atoms with van der Waals surface area (Å²) in [6, 6.07) is 9.16. The zero-order chi connectivity index (χ0) is 14.7. The predicted octanol–water partition coefficient (Wildman–Crippen LogP) is 3.70. The fourth-order valence-corrected chi connectivity index (χ4v) is 4.60. The minimum Gasteiger partial charge on any atom is -0.481 e. The van der Waals surface area contributed by atoms with Gasteiger partial charge in [-0.1, -0.05) is 18.2 Å². The maximum atomic E-state index is 11.0. The fourth-order valence-electron chi connectivity index (χ4n) is 3.48. The molecular weight excluding hydrogens is 282 g/mol. The highest BCUT2D eigenvalue weighted by atomic mass is 32.2. The summed E-state index contributed by atoms with van der Waals surface area (Å²) in [6.07, 6.45) is 4.98. The molecule has 1 heterocycles. The molecule has 21 heavy (non-hydrogen) atoms. The van der Waals surface area contributed by atoms with Gasteiger partial charge in [0.05, 0.1) is 5.92 Å². The van der Waals surface area contributed by atoms with Crippen molar-refractivity contribution in [3.8, 4) is 0 Å². The molecule has 1 aliphatic carbocycles. The molecule has 1 unspecified atom stereocenters. The molecule has 1 atom stereocenters. The first-order valence-electron chi connectivity index (χ1n) is 7.92. The van der Waals surface area contributed by atoms with Crippen LogP contribution in [0.1, 0.15) is 43.7 Å². The van der Waals surface area contributed by atoms with Crippen LogP contribution in [-0.4, -0.2) is 23.4 Å². The first-order chi connectivity index (χ1) is 10.2. The van der Waals surface area contributed by atoms with E-state index in [2.05, 4.69) is 29.6 Å². The SMILES string of the molecule is O=C(O)C1CCC(CNC2CCSc3ccccc32)CC1. The summed E-state index contributed by atoms with van der Waals surface area (Å²) in [5.74, 6) is 1.11. The maximum Gasteiger partial charge on any atom is 0.306 e. The topological polar surface area (TPSA) is 49.3 Å². The van der Waals surface area contributed by atoms with Crippen LogP contribution in [0.4, 0.5) is 0 Å². The quantitative estimate of drug-likeness (QED) is 0.890. The predicted molar refractivity (Wildman–Crippen MR) is 85.6 cm³/mol. The Balaban J connectivity index is 1.52. The monoisotopic (exact) mass is 305 g/mol. The van der Waals surface area contributed by atoms with Gasteiger partial charge in [0.1, 0.15) is 0 Å². The molecule has 1 fully saturated rings. The number of thioether (sulfide) groups is 1. The van der Waals surface area contributed by atoms with Crippen molar-refractivity contribution in [1.29, 1.82) is 0 Å². The normalized spacial score (nSPS) is 28.9. The van der Waals surface area contributed by atoms with Gasteiger partial charge in [0.25, 0.3) is 0 Å². The Bertz CT molecular complexity index is 497. The van der Waals surface area contributed by atoms with E-state index in [1.165, 1.54) is 22.6 Å². The molecule has 1 aromatic rings. The summed E-state index contributed by atoms with van der Waals surface area (Å²) in [7, 11) is 0. The molecule has 1 aliphatic heterocycles. The highest BCUT2D eigenvalue weighted by Gasteiger charge is 2.27. The zero-order valence-electron chi connectivity index (χ0n) is 12.3. The molecule has 0 spiro atoms. The number of carboxylic acid groups (broad SMARTS) is 1. The smallest absolute Gasteiger partial charge is 0.306 e. The third-order valence-corrected chi connectivity index (χ3v) is 5.93. The van der Waals surface area contributed by atoms with Crippen molar-refractivity contribution in [3.63, 3.8) is 0 Å². The lowest BCUT2D eigenvalue weighted by molar-refractivity contribution is -0.143. The van der Waals surface area contributed by atoms with Crippen LogP contribution in [-0.2, 0) is 4.79 Å². The van der Waals surface area contributed by atoms with Gasteiger partial charge in [0, 0.05) is 10.9 Å². The summed E-state index contributed by atoms with van der Waals surface area (Å²) in [6.45, 7) is 1.02. The maximum absolute atomic E-state index is 11.0. The minimum absolute atomic E-state index is 0.104. The highest BCUT2D eigenvalue weighted by Crippen LogP contribution is 2.36. The van der Waals surface area contributed by atoms with Gasteiger partial charge >= 0.3 is 5.97 Å². The average Bonchev–Trinajstić information content (AvgIpc) is 2.53. The summed E-state index contributed by atoms with van der Waals surface area (Å²) < 4.78 is 0. The molecule has 0 bridgehead atoms. The summed E-state index contributed by atoms with van der Waals surface area (Å²) in [5, 5.41) is 12.8. The second kappa shape index (κ2) is 6.84. The number of rotatable bonds is 4. The van der Waals surface area contributed by atoms with Crippen LogP contribution in [0.25, 0.3) is 0 Å². The zero-order valence-corrected chi connectivity index (χ0v) is 13.1. The van der Waals surface area contributed by atoms with Crippen LogP contribution in [0.15, 0.2) is 29.2 Å². The molecule has 0 aromatic heterocycles. The van der Waals surface area contributed by atoms with Gasteiger partial charge in [0.2, 0.25) is 0 Å². The molecule has 1 saturated carbocycles. The third kappa shape index (κ3) is 3.61. The number of aliphatic carboxylic acids is 1. The summed E-state index contributed by atoms with van der Waals surface area (Å²) in [5.41, 5.74) is 1.44. The van der Waals surface area contributed by atoms with Gasteiger partial charge in [-0.05, 0) is 61.9 Å². The second-order valence-corrected chi connectivity index (χ2v) is 7.33. The molecule has 0 amide bonds. The van der Waals surface area contributed by atoms with E-state index in [1.807, 2.05) is 11.8 Å². The van der Waals surface area contributed by atoms with E-state index in [-0.39, 0.29) is 5.92 Å². The van der Waals surface area contributed by atoms with Crippen molar-refractivity contribution in [2.75, 3.05) is 12.3 Å². The van der Waals surface area contributed by atoms with Gasteiger partial charge in [-0.3, -0.25) is 4.79 Å². The molecule has 4 heteroatoms. The summed E-state index contributed by atoms with van der Waals surface area (Å²) in [4.78, 5) is 12.4. The van der Waals surface area contributed by atoms with E-state index < -0.39 is 5.97 Å². The lowest BCUT2D eigenvalue weighted by atomic mass is 9.82. The number of benzene rings is 1. The Kier molecular flexibility index (Phi) is 4.86. The van der Waals surface area contributed by atoms with Gasteiger partial charge in [0.15, 0.2) is 0 Å². The van der Waals surface area contributed by atoms with Crippen molar-refractivity contribution in [3.05, 3.63) is 29.8 Å². The molecule has 0 saturated heterocycles. The van der Waals surface area contributed by atoms with Crippen molar-refractivity contribution in [2.24, 2.45) is 11.8 Å². The van der Waals surface area contributed by atoms with Crippen molar-refractivity contribution in [2.45, 2.75) is 43.0 Å². The van der Waals surface area contributed by atoms with Crippen molar-refractivity contribution >= 4 is 17.7 Å². The van der Waals surface area contributed by atoms with E-state index in [0.717, 1.165) is 32.2 Å². The van der Waals surface area contributed by atoms with E-state index >= 15 is 0 Å². The van der Waals surface area contributed by atoms with Crippen molar-refractivity contribution in [1.82, 2.24) is 5.32 Å². The van der Waals surface area contributed by atoms with E-state index in [9.17, 15) is 4.79 Å². The number of hydrogen-bond acceptors (Lipinski definition) is 3. The molecule has 1 aromatic carbocycles. The Morgan fingerprint density at radius 1 is 1.19 bits per heavy atom. The second-order valence-electron chi connectivity index (χ2n) is 6.19. The molecular formula is C17H23NO2S. The van der Waals surface area contributed by atoms with Gasteiger partial charge in [-0.15, -0.1) is 11.8 Å². The number of carbonyl (C=O) groups is 1. The van der Waals surface area contributed by atoms with E-state index in [4.69, 9.17) is 5.11 Å². The largest absolute Gasteiger partial charge is 0.481 e. The van der Waals surface area contributed by atoms with Crippen LogP contribution >= 0.6 is 11.8 Å². The highest BCUT2D eigenvalue weighted by molar-refractivity contribution is 7.99.